The van der Waals surface area contributed by atoms with Crippen molar-refractivity contribution in [3.8, 4) is 17.0 Å². The van der Waals surface area contributed by atoms with Crippen LogP contribution >= 0.6 is 0 Å². The van der Waals surface area contributed by atoms with Gasteiger partial charge in [0.05, 0.1) is 13.3 Å². The summed E-state index contributed by atoms with van der Waals surface area (Å²) in [5.41, 5.74) is 5.06. The third-order valence-electron chi connectivity index (χ3n) is 3.53. The molecular weight excluding hydrogens is 226 g/mol. The molecule has 4 nitrogen and oxygen atoms in total. The highest BCUT2D eigenvalue weighted by molar-refractivity contribution is 5.71. The van der Waals surface area contributed by atoms with E-state index in [2.05, 4.69) is 28.6 Å². The monoisotopic (exact) mass is 243 g/mol. The average molecular weight is 243 g/mol. The van der Waals surface area contributed by atoms with E-state index in [0.717, 1.165) is 31.0 Å². The molecule has 0 fully saturated rings. The molecule has 1 aromatic heterocycles. The Bertz CT molecular complexity index is 574. The molecule has 1 aliphatic rings. The molecule has 1 aromatic carbocycles. The quantitative estimate of drug-likeness (QED) is 0.873. The molecule has 18 heavy (non-hydrogen) atoms. The number of ether oxygens (including phenoxy) is 1. The van der Waals surface area contributed by atoms with Crippen molar-refractivity contribution < 1.29 is 4.74 Å². The van der Waals surface area contributed by atoms with Crippen LogP contribution < -0.4 is 10.1 Å². The maximum absolute atomic E-state index is 5.41. The van der Waals surface area contributed by atoms with Crippen molar-refractivity contribution in [2.24, 2.45) is 7.05 Å². The SMILES string of the molecule is COc1cnn(C)c1-c1cccc2c1CNCC2. The van der Waals surface area contributed by atoms with Gasteiger partial charge in [-0.25, -0.2) is 0 Å². The van der Waals surface area contributed by atoms with Gasteiger partial charge in [-0.3, -0.25) is 4.68 Å². The van der Waals surface area contributed by atoms with Crippen LogP contribution in [0.2, 0.25) is 0 Å². The van der Waals surface area contributed by atoms with E-state index in [1.807, 2.05) is 11.7 Å². The number of nitrogens with zero attached hydrogens (tertiary/aromatic N) is 2. The Morgan fingerprint density at radius 2 is 2.28 bits per heavy atom. The number of aryl methyl sites for hydroxylation is 1. The fraction of sp³-hybridized carbons (Fsp3) is 0.357. The van der Waals surface area contributed by atoms with Gasteiger partial charge in [-0.15, -0.1) is 0 Å². The highest BCUT2D eigenvalue weighted by Gasteiger charge is 2.18. The van der Waals surface area contributed by atoms with Crippen molar-refractivity contribution in [2.45, 2.75) is 13.0 Å². The molecule has 1 aliphatic heterocycles. The van der Waals surface area contributed by atoms with E-state index in [1.54, 1.807) is 13.3 Å². The van der Waals surface area contributed by atoms with Gasteiger partial charge < -0.3 is 10.1 Å². The number of fused-ring (bicyclic) bond motifs is 1. The number of nitrogens with one attached hydrogen (secondary N) is 1. The van der Waals surface area contributed by atoms with Crippen LogP contribution in [0.4, 0.5) is 0 Å². The summed E-state index contributed by atoms with van der Waals surface area (Å²) in [6.45, 7) is 1.97. The first-order valence-corrected chi connectivity index (χ1v) is 6.19. The number of benzene rings is 1. The lowest BCUT2D eigenvalue weighted by Crippen LogP contribution is -2.24. The van der Waals surface area contributed by atoms with Gasteiger partial charge in [0.25, 0.3) is 0 Å². The Balaban J connectivity index is 2.19. The van der Waals surface area contributed by atoms with E-state index >= 15 is 0 Å². The van der Waals surface area contributed by atoms with Crippen molar-refractivity contribution in [2.75, 3.05) is 13.7 Å². The fourth-order valence-corrected chi connectivity index (χ4v) is 2.61. The zero-order valence-corrected chi connectivity index (χ0v) is 10.7. The van der Waals surface area contributed by atoms with Crippen molar-refractivity contribution in [1.29, 1.82) is 0 Å². The normalized spacial score (nSPS) is 14.3. The molecule has 0 saturated heterocycles. The standard InChI is InChI=1S/C14H17N3O/c1-17-14(13(18-2)9-16-17)11-5-3-4-10-6-7-15-8-12(10)11/h3-5,9,15H,6-8H2,1-2H3. The van der Waals surface area contributed by atoms with E-state index in [0.29, 0.717) is 0 Å². The third-order valence-corrected chi connectivity index (χ3v) is 3.53. The summed E-state index contributed by atoms with van der Waals surface area (Å²) in [4.78, 5) is 0. The van der Waals surface area contributed by atoms with E-state index in [4.69, 9.17) is 4.74 Å². The molecule has 0 amide bonds. The minimum absolute atomic E-state index is 0.830. The molecule has 0 unspecified atom stereocenters. The molecule has 3 rings (SSSR count). The van der Waals surface area contributed by atoms with Gasteiger partial charge in [0.2, 0.25) is 0 Å². The predicted molar refractivity (Wildman–Crippen MR) is 70.6 cm³/mol. The van der Waals surface area contributed by atoms with Crippen LogP contribution in [-0.4, -0.2) is 23.4 Å². The van der Waals surface area contributed by atoms with Crippen LogP contribution in [0, 0.1) is 0 Å². The zero-order chi connectivity index (χ0) is 12.5. The van der Waals surface area contributed by atoms with Crippen molar-refractivity contribution in [1.82, 2.24) is 15.1 Å². The van der Waals surface area contributed by atoms with Gasteiger partial charge in [0.15, 0.2) is 5.75 Å². The summed E-state index contributed by atoms with van der Waals surface area (Å²) in [6, 6.07) is 6.47. The Morgan fingerprint density at radius 1 is 1.39 bits per heavy atom. The zero-order valence-electron chi connectivity index (χ0n) is 10.7. The molecule has 0 atom stereocenters. The Labute approximate surface area is 107 Å². The summed E-state index contributed by atoms with van der Waals surface area (Å²) < 4.78 is 7.29. The number of hydrogen-bond acceptors (Lipinski definition) is 3. The molecule has 94 valence electrons. The van der Waals surface area contributed by atoms with Crippen molar-refractivity contribution in [3.05, 3.63) is 35.5 Å². The molecule has 0 aliphatic carbocycles. The molecule has 2 aromatic rings. The van der Waals surface area contributed by atoms with Crippen molar-refractivity contribution in [3.63, 3.8) is 0 Å². The minimum atomic E-state index is 0.830. The smallest absolute Gasteiger partial charge is 0.164 e. The summed E-state index contributed by atoms with van der Waals surface area (Å²) in [7, 11) is 3.64. The summed E-state index contributed by atoms with van der Waals surface area (Å²) in [6.07, 6.45) is 2.86. The summed E-state index contributed by atoms with van der Waals surface area (Å²) in [5, 5.41) is 7.71. The van der Waals surface area contributed by atoms with Gasteiger partial charge in [-0.2, -0.15) is 5.10 Å². The molecule has 4 heteroatoms. The molecule has 1 N–H and O–H groups in total. The Kier molecular flexibility index (Phi) is 2.80. The Morgan fingerprint density at radius 3 is 3.11 bits per heavy atom. The number of aromatic nitrogens is 2. The number of rotatable bonds is 2. The number of methoxy groups -OCH3 is 1. The van der Waals surface area contributed by atoms with Gasteiger partial charge in [-0.1, -0.05) is 18.2 Å². The van der Waals surface area contributed by atoms with Crippen LogP contribution in [0.1, 0.15) is 11.1 Å². The average Bonchev–Trinajstić information content (AvgIpc) is 2.79. The summed E-state index contributed by atoms with van der Waals surface area (Å²) >= 11 is 0. The molecule has 0 saturated carbocycles. The van der Waals surface area contributed by atoms with Crippen LogP contribution in [0.25, 0.3) is 11.3 Å². The lowest BCUT2D eigenvalue weighted by Gasteiger charge is -2.20. The van der Waals surface area contributed by atoms with Crippen LogP contribution in [0.15, 0.2) is 24.4 Å². The highest BCUT2D eigenvalue weighted by atomic mass is 16.5. The van der Waals surface area contributed by atoms with E-state index < -0.39 is 0 Å². The maximum atomic E-state index is 5.41. The molecular formula is C14H17N3O. The maximum Gasteiger partial charge on any atom is 0.164 e. The lowest BCUT2D eigenvalue weighted by atomic mass is 9.94. The first-order chi connectivity index (χ1) is 8.81. The molecule has 2 heterocycles. The first-order valence-electron chi connectivity index (χ1n) is 6.19. The summed E-state index contributed by atoms with van der Waals surface area (Å²) in [5.74, 6) is 0.830. The van der Waals surface area contributed by atoms with Gasteiger partial charge >= 0.3 is 0 Å². The Hall–Kier alpha value is -1.81. The molecule has 0 spiro atoms. The second-order valence-electron chi connectivity index (χ2n) is 4.56. The van der Waals surface area contributed by atoms with Crippen LogP contribution in [0.3, 0.4) is 0 Å². The van der Waals surface area contributed by atoms with Gasteiger partial charge in [0.1, 0.15) is 5.69 Å². The fourth-order valence-electron chi connectivity index (χ4n) is 2.61. The van der Waals surface area contributed by atoms with E-state index in [-0.39, 0.29) is 0 Å². The lowest BCUT2D eigenvalue weighted by molar-refractivity contribution is 0.416. The van der Waals surface area contributed by atoms with E-state index in [1.165, 1.54) is 16.7 Å². The topological polar surface area (TPSA) is 39.1 Å². The molecule has 0 radical (unpaired) electrons. The van der Waals surface area contributed by atoms with Crippen molar-refractivity contribution >= 4 is 0 Å². The third kappa shape index (κ3) is 1.69. The highest BCUT2D eigenvalue weighted by Crippen LogP contribution is 2.34. The largest absolute Gasteiger partial charge is 0.493 e. The van der Waals surface area contributed by atoms with Crippen LogP contribution in [-0.2, 0) is 20.0 Å². The van der Waals surface area contributed by atoms with Gasteiger partial charge in [0, 0.05) is 19.2 Å². The second-order valence-corrected chi connectivity index (χ2v) is 4.56. The molecule has 0 bridgehead atoms. The first kappa shape index (κ1) is 11.3. The number of hydrogen-bond donors (Lipinski definition) is 1. The predicted octanol–water partition coefficient (Wildman–Crippen LogP) is 1.74. The minimum Gasteiger partial charge on any atom is -0.493 e. The van der Waals surface area contributed by atoms with Gasteiger partial charge in [-0.05, 0) is 24.1 Å². The van der Waals surface area contributed by atoms with E-state index in [9.17, 15) is 0 Å². The van der Waals surface area contributed by atoms with Crippen LogP contribution in [0.5, 0.6) is 5.75 Å². The second kappa shape index (κ2) is 4.46.